The van der Waals surface area contributed by atoms with E-state index in [9.17, 15) is 0 Å². The molecule has 0 saturated carbocycles. The molecule has 0 unspecified atom stereocenters. The topological polar surface area (TPSA) is 25.8 Å². The smallest absolute Gasteiger partial charge is 0.0731 e. The van der Waals surface area contributed by atoms with Gasteiger partial charge >= 0.3 is 0 Å². The van der Waals surface area contributed by atoms with E-state index in [4.69, 9.17) is 0 Å². The molecule has 2 heteroatoms. The van der Waals surface area contributed by atoms with Crippen molar-refractivity contribution in [2.45, 2.75) is 13.8 Å². The van der Waals surface area contributed by atoms with Crippen molar-refractivity contribution in [3.63, 3.8) is 0 Å². The number of benzene rings is 5. The summed E-state index contributed by atoms with van der Waals surface area (Å²) in [6, 6.07) is 41.6. The number of nitrogens with zero attached hydrogens (tertiary/aromatic N) is 2. The maximum atomic E-state index is 4.62. The van der Waals surface area contributed by atoms with Crippen LogP contribution in [-0.4, -0.2) is 9.97 Å². The Morgan fingerprint density at radius 3 is 1.45 bits per heavy atom. The lowest BCUT2D eigenvalue weighted by molar-refractivity contribution is 1.27. The molecule has 7 rings (SSSR count). The molecule has 0 bridgehead atoms. The Balaban J connectivity index is 1.41. The molecule has 2 heterocycles. The van der Waals surface area contributed by atoms with Gasteiger partial charge in [-0.05, 0) is 86.5 Å². The zero-order chi connectivity index (χ0) is 27.1. The van der Waals surface area contributed by atoms with Crippen LogP contribution in [0.25, 0.3) is 66.2 Å². The van der Waals surface area contributed by atoms with Crippen LogP contribution in [-0.2, 0) is 0 Å². The minimum Gasteiger partial charge on any atom is -0.264 e. The Morgan fingerprint density at radius 1 is 0.450 bits per heavy atom. The van der Waals surface area contributed by atoms with E-state index in [1.807, 2.05) is 24.7 Å². The summed E-state index contributed by atoms with van der Waals surface area (Å²) < 4.78 is 0. The largest absolute Gasteiger partial charge is 0.264 e. The van der Waals surface area contributed by atoms with Crippen LogP contribution in [0.2, 0.25) is 0 Å². The van der Waals surface area contributed by atoms with Gasteiger partial charge < -0.3 is 0 Å². The molecule has 0 atom stereocenters. The van der Waals surface area contributed by atoms with Gasteiger partial charge in [-0.15, -0.1) is 0 Å². The number of fused-ring (bicyclic) bond motifs is 2. The molecular formula is C38H28N2. The molecular weight excluding hydrogens is 484 g/mol. The first kappa shape index (κ1) is 24.0. The van der Waals surface area contributed by atoms with Gasteiger partial charge in [0.25, 0.3) is 0 Å². The molecule has 0 aliphatic heterocycles. The predicted molar refractivity (Wildman–Crippen MR) is 168 cm³/mol. The molecule has 2 nitrogen and oxygen atoms in total. The van der Waals surface area contributed by atoms with Gasteiger partial charge in [-0.2, -0.15) is 0 Å². The van der Waals surface area contributed by atoms with Gasteiger partial charge in [-0.1, -0.05) is 103 Å². The second-order valence-corrected chi connectivity index (χ2v) is 10.4. The first-order valence-electron chi connectivity index (χ1n) is 13.7. The molecule has 0 radical (unpaired) electrons. The van der Waals surface area contributed by atoms with E-state index in [0.717, 1.165) is 22.4 Å². The van der Waals surface area contributed by atoms with Crippen LogP contribution < -0.4 is 0 Å². The highest BCUT2D eigenvalue weighted by Crippen LogP contribution is 2.44. The van der Waals surface area contributed by atoms with Gasteiger partial charge in [-0.25, -0.2) is 0 Å². The Kier molecular flexibility index (Phi) is 5.94. The van der Waals surface area contributed by atoms with Gasteiger partial charge in [-0.3, -0.25) is 9.97 Å². The third-order valence-corrected chi connectivity index (χ3v) is 7.77. The second-order valence-electron chi connectivity index (χ2n) is 10.4. The van der Waals surface area contributed by atoms with Gasteiger partial charge in [0.15, 0.2) is 0 Å². The Hall–Kier alpha value is -5.08. The Labute approximate surface area is 234 Å². The molecule has 0 aliphatic carbocycles. The molecule has 5 aromatic carbocycles. The van der Waals surface area contributed by atoms with Gasteiger partial charge in [0.05, 0.1) is 5.69 Å². The van der Waals surface area contributed by atoms with Crippen LogP contribution in [0.4, 0.5) is 0 Å². The fourth-order valence-electron chi connectivity index (χ4n) is 5.88. The molecule has 7 aromatic rings. The average Bonchev–Trinajstić information content (AvgIpc) is 3.00. The number of aryl methyl sites for hydroxylation is 2. The molecule has 40 heavy (non-hydrogen) atoms. The van der Waals surface area contributed by atoms with E-state index in [1.165, 1.54) is 54.9 Å². The Morgan fingerprint density at radius 2 is 0.950 bits per heavy atom. The summed E-state index contributed by atoms with van der Waals surface area (Å²) in [5.41, 5.74) is 11.8. The van der Waals surface area contributed by atoms with Crippen molar-refractivity contribution >= 4 is 21.5 Å². The van der Waals surface area contributed by atoms with E-state index in [2.05, 4.69) is 133 Å². The molecule has 0 saturated heterocycles. The zero-order valence-electron chi connectivity index (χ0n) is 22.6. The molecule has 0 amide bonds. The minimum atomic E-state index is 1.03. The summed E-state index contributed by atoms with van der Waals surface area (Å²) in [6.07, 6.45) is 5.69. The highest BCUT2D eigenvalue weighted by Gasteiger charge is 2.17. The van der Waals surface area contributed by atoms with Gasteiger partial charge in [0.1, 0.15) is 0 Å². The third-order valence-electron chi connectivity index (χ3n) is 7.77. The van der Waals surface area contributed by atoms with Gasteiger partial charge in [0.2, 0.25) is 0 Å². The fourth-order valence-corrected chi connectivity index (χ4v) is 5.88. The van der Waals surface area contributed by atoms with Crippen LogP contribution in [0, 0.1) is 13.8 Å². The first-order chi connectivity index (χ1) is 19.7. The molecule has 0 fully saturated rings. The summed E-state index contributed by atoms with van der Waals surface area (Å²) in [5.74, 6) is 0. The third kappa shape index (κ3) is 4.15. The molecule has 0 N–H and O–H groups in total. The quantitative estimate of drug-likeness (QED) is 0.219. The molecule has 0 aliphatic rings. The summed E-state index contributed by atoms with van der Waals surface area (Å²) in [4.78, 5) is 9.01. The van der Waals surface area contributed by atoms with Crippen LogP contribution in [0.15, 0.2) is 134 Å². The van der Waals surface area contributed by atoms with E-state index < -0.39 is 0 Å². The van der Waals surface area contributed by atoms with Crippen molar-refractivity contribution in [3.05, 3.63) is 145 Å². The molecule has 2 aromatic heterocycles. The first-order valence-corrected chi connectivity index (χ1v) is 13.7. The van der Waals surface area contributed by atoms with Crippen molar-refractivity contribution in [2.75, 3.05) is 0 Å². The van der Waals surface area contributed by atoms with Gasteiger partial charge in [0, 0.05) is 29.7 Å². The summed E-state index contributed by atoms with van der Waals surface area (Å²) in [5, 5.41) is 5.02. The monoisotopic (exact) mass is 512 g/mol. The fraction of sp³-hybridized carbons (Fsp3) is 0.0526. The second kappa shape index (κ2) is 9.91. The Bertz CT molecular complexity index is 1950. The van der Waals surface area contributed by atoms with E-state index in [1.54, 1.807) is 0 Å². The molecule has 190 valence electrons. The maximum absolute atomic E-state index is 4.62. The molecule has 0 spiro atoms. The van der Waals surface area contributed by atoms with Crippen molar-refractivity contribution in [1.29, 1.82) is 0 Å². The summed E-state index contributed by atoms with van der Waals surface area (Å²) in [6.45, 7) is 4.19. The SMILES string of the molecule is Cc1cncc(-c2ccc(-c3c4ccccc4c(-c4ccc(-c5ncccc5C)cc4)c4ccccc34)cc2)c1. The number of rotatable bonds is 4. The lowest BCUT2D eigenvalue weighted by atomic mass is 9.85. The van der Waals surface area contributed by atoms with Crippen LogP contribution in [0.1, 0.15) is 11.1 Å². The zero-order valence-corrected chi connectivity index (χ0v) is 22.6. The number of hydrogen-bond donors (Lipinski definition) is 0. The lowest BCUT2D eigenvalue weighted by Crippen LogP contribution is -1.92. The number of aromatic nitrogens is 2. The van der Waals surface area contributed by atoms with Crippen LogP contribution >= 0.6 is 0 Å². The van der Waals surface area contributed by atoms with E-state index >= 15 is 0 Å². The minimum absolute atomic E-state index is 1.03. The van der Waals surface area contributed by atoms with Crippen molar-refractivity contribution in [3.8, 4) is 44.6 Å². The number of hydrogen-bond acceptors (Lipinski definition) is 2. The maximum Gasteiger partial charge on any atom is 0.0731 e. The van der Waals surface area contributed by atoms with Crippen LogP contribution in [0.3, 0.4) is 0 Å². The highest BCUT2D eigenvalue weighted by molar-refractivity contribution is 6.21. The predicted octanol–water partition coefficient (Wildman–Crippen LogP) is 10.1. The van der Waals surface area contributed by atoms with Crippen molar-refractivity contribution < 1.29 is 0 Å². The van der Waals surface area contributed by atoms with E-state index in [0.29, 0.717) is 0 Å². The van der Waals surface area contributed by atoms with Crippen molar-refractivity contribution in [2.24, 2.45) is 0 Å². The van der Waals surface area contributed by atoms with Crippen LogP contribution in [0.5, 0.6) is 0 Å². The lowest BCUT2D eigenvalue weighted by Gasteiger charge is -2.18. The standard InChI is InChI=1S/C38H28N2/c1-25-22-31(24-39-23-25)27-13-15-28(16-14-27)36-32-9-3-5-11-34(32)37(35-12-6-4-10-33(35)36)29-17-19-30(20-18-29)38-26(2)8-7-21-40-38/h3-24H,1-2H3. The summed E-state index contributed by atoms with van der Waals surface area (Å²) >= 11 is 0. The van der Waals surface area contributed by atoms with Crippen molar-refractivity contribution in [1.82, 2.24) is 9.97 Å². The number of pyridine rings is 2. The highest BCUT2D eigenvalue weighted by atomic mass is 14.7. The summed E-state index contributed by atoms with van der Waals surface area (Å²) in [7, 11) is 0. The normalized spacial score (nSPS) is 11.2. The van der Waals surface area contributed by atoms with E-state index in [-0.39, 0.29) is 0 Å². The average molecular weight is 513 g/mol.